The van der Waals surface area contributed by atoms with Crippen LogP contribution < -0.4 is 0 Å². The topological polar surface area (TPSA) is 12.9 Å². The van der Waals surface area contributed by atoms with E-state index in [1.54, 1.807) is 6.08 Å². The molecule has 0 N–H and O–H groups in total. The van der Waals surface area contributed by atoms with Crippen molar-refractivity contribution in [1.82, 2.24) is 4.98 Å². The summed E-state index contributed by atoms with van der Waals surface area (Å²) in [6.07, 6.45) is 5.54. The largest absolute Gasteiger partial charge is 0.248 e. The minimum absolute atomic E-state index is 0.857. The molecule has 0 fully saturated rings. The molecule has 0 saturated carbocycles. The van der Waals surface area contributed by atoms with Crippen molar-refractivity contribution in [3.8, 4) is 22.4 Å². The maximum atomic E-state index is 4.81. The maximum Gasteiger partial charge on any atom is 0.0715 e. The molecule has 0 saturated heterocycles. The van der Waals surface area contributed by atoms with Crippen molar-refractivity contribution in [1.29, 1.82) is 0 Å². The first-order valence-corrected chi connectivity index (χ1v) is 8.78. The summed E-state index contributed by atoms with van der Waals surface area (Å²) >= 11 is 3.48. The van der Waals surface area contributed by atoms with E-state index in [-0.39, 0.29) is 0 Å². The van der Waals surface area contributed by atoms with E-state index in [4.69, 9.17) is 4.98 Å². The molecule has 3 aromatic rings. The molecule has 0 bridgehead atoms. The van der Waals surface area contributed by atoms with Gasteiger partial charge < -0.3 is 0 Å². The molecular weight excluding hydrogens is 370 g/mol. The second kappa shape index (κ2) is 7.91. The molecule has 25 heavy (non-hydrogen) atoms. The first kappa shape index (κ1) is 17.1. The Hall–Kier alpha value is -2.71. The Labute approximate surface area is 157 Å². The second-order valence-corrected chi connectivity index (χ2v) is 6.53. The van der Waals surface area contributed by atoms with E-state index < -0.39 is 0 Å². The highest BCUT2D eigenvalue weighted by atomic mass is 79.9. The van der Waals surface area contributed by atoms with Gasteiger partial charge in [0.25, 0.3) is 0 Å². The molecule has 0 atom stereocenters. The van der Waals surface area contributed by atoms with Crippen molar-refractivity contribution < 1.29 is 0 Å². The smallest absolute Gasteiger partial charge is 0.0715 e. The highest BCUT2D eigenvalue weighted by Gasteiger charge is 2.08. The zero-order valence-electron chi connectivity index (χ0n) is 13.8. The maximum absolute atomic E-state index is 4.81. The quantitative estimate of drug-likeness (QED) is 0.432. The molecule has 0 amide bonds. The lowest BCUT2D eigenvalue weighted by Crippen LogP contribution is -1.93. The zero-order chi connectivity index (χ0) is 17.6. The van der Waals surface area contributed by atoms with Gasteiger partial charge in [-0.15, -0.1) is 0 Å². The number of allylic oxidation sites excluding steroid dienone is 4. The van der Waals surface area contributed by atoms with E-state index in [0.29, 0.717) is 0 Å². The first-order valence-electron chi connectivity index (χ1n) is 7.99. The summed E-state index contributed by atoms with van der Waals surface area (Å²) in [4.78, 5) is 4.81. The predicted molar refractivity (Wildman–Crippen MR) is 111 cm³/mol. The normalized spacial score (nSPS) is 10.8. The zero-order valence-corrected chi connectivity index (χ0v) is 15.4. The number of hydrogen-bond acceptors (Lipinski definition) is 1. The number of pyridine rings is 1. The van der Waals surface area contributed by atoms with Gasteiger partial charge in [-0.3, -0.25) is 0 Å². The van der Waals surface area contributed by atoms with Crippen LogP contribution in [-0.2, 0) is 0 Å². The Morgan fingerprint density at radius 3 is 2.28 bits per heavy atom. The van der Waals surface area contributed by atoms with Crippen molar-refractivity contribution in [3.63, 3.8) is 0 Å². The lowest BCUT2D eigenvalue weighted by atomic mass is 10.0. The van der Waals surface area contributed by atoms with Gasteiger partial charge in [0.2, 0.25) is 0 Å². The van der Waals surface area contributed by atoms with Crippen LogP contribution in [0.25, 0.3) is 28.0 Å². The average Bonchev–Trinajstić information content (AvgIpc) is 2.67. The molecule has 2 aromatic carbocycles. The third kappa shape index (κ3) is 4.23. The molecule has 0 aliphatic rings. The third-order valence-corrected chi connectivity index (χ3v) is 4.36. The molecule has 0 aliphatic heterocycles. The Morgan fingerprint density at radius 1 is 0.880 bits per heavy atom. The van der Waals surface area contributed by atoms with Crippen molar-refractivity contribution >= 4 is 21.5 Å². The van der Waals surface area contributed by atoms with E-state index in [2.05, 4.69) is 65.5 Å². The summed E-state index contributed by atoms with van der Waals surface area (Å²) < 4.78 is 1.05. The van der Waals surface area contributed by atoms with Crippen molar-refractivity contribution in [3.05, 3.63) is 108 Å². The third-order valence-electron chi connectivity index (χ3n) is 3.83. The van der Waals surface area contributed by atoms with Crippen LogP contribution in [0.2, 0.25) is 0 Å². The molecule has 122 valence electrons. The lowest BCUT2D eigenvalue weighted by Gasteiger charge is -2.10. The van der Waals surface area contributed by atoms with Crippen LogP contribution in [0.1, 0.15) is 5.69 Å². The summed E-state index contributed by atoms with van der Waals surface area (Å²) in [5.41, 5.74) is 6.00. The van der Waals surface area contributed by atoms with Crippen molar-refractivity contribution in [2.45, 2.75) is 0 Å². The number of halogens is 1. The van der Waals surface area contributed by atoms with Gasteiger partial charge >= 0.3 is 0 Å². The van der Waals surface area contributed by atoms with Gasteiger partial charge in [0.15, 0.2) is 0 Å². The molecule has 0 radical (unpaired) electrons. The van der Waals surface area contributed by atoms with Crippen LogP contribution in [0.15, 0.2) is 103 Å². The van der Waals surface area contributed by atoms with Gasteiger partial charge in [0.05, 0.1) is 11.4 Å². The minimum Gasteiger partial charge on any atom is -0.248 e. The van der Waals surface area contributed by atoms with Gasteiger partial charge in [-0.25, -0.2) is 4.98 Å². The van der Waals surface area contributed by atoms with Crippen molar-refractivity contribution in [2.24, 2.45) is 0 Å². The van der Waals surface area contributed by atoms with Crippen LogP contribution in [-0.4, -0.2) is 4.98 Å². The van der Waals surface area contributed by atoms with E-state index in [1.165, 1.54) is 0 Å². The molecule has 0 spiro atoms. The number of hydrogen-bond donors (Lipinski definition) is 0. The number of benzene rings is 2. The van der Waals surface area contributed by atoms with Crippen molar-refractivity contribution in [2.75, 3.05) is 0 Å². The van der Waals surface area contributed by atoms with Crippen LogP contribution in [0.5, 0.6) is 0 Å². The number of rotatable bonds is 5. The van der Waals surface area contributed by atoms with Crippen LogP contribution >= 0.6 is 15.9 Å². The molecule has 1 heterocycles. The highest BCUT2D eigenvalue weighted by Crippen LogP contribution is 2.29. The average molecular weight is 388 g/mol. The summed E-state index contributed by atoms with van der Waals surface area (Å²) in [6, 6.07) is 22.7. The Balaban J connectivity index is 2.14. The predicted octanol–water partition coefficient (Wildman–Crippen LogP) is 6.93. The molecule has 1 nitrogen and oxygen atoms in total. The molecule has 1 aromatic heterocycles. The van der Waals surface area contributed by atoms with E-state index in [1.807, 2.05) is 42.5 Å². The Morgan fingerprint density at radius 2 is 1.60 bits per heavy atom. The molecule has 0 aliphatic carbocycles. The Bertz CT molecular complexity index is 922. The monoisotopic (exact) mass is 387 g/mol. The van der Waals surface area contributed by atoms with Gasteiger partial charge in [-0.2, -0.15) is 0 Å². The first-order chi connectivity index (χ1) is 12.2. The number of aromatic nitrogens is 1. The SMILES string of the molecule is C=C/C=C\C(=C)c1cc(-c2ccccc2)cc(-c2ccc(Br)cc2)n1. The summed E-state index contributed by atoms with van der Waals surface area (Å²) in [6.45, 7) is 7.85. The number of nitrogens with zero attached hydrogens (tertiary/aromatic N) is 1. The summed E-state index contributed by atoms with van der Waals surface area (Å²) in [7, 11) is 0. The van der Waals surface area contributed by atoms with Gasteiger partial charge in [0.1, 0.15) is 0 Å². The minimum atomic E-state index is 0.857. The van der Waals surface area contributed by atoms with Gasteiger partial charge in [0, 0.05) is 10.0 Å². The molecule has 3 rings (SSSR count). The van der Waals surface area contributed by atoms with Crippen LogP contribution in [0, 0.1) is 0 Å². The van der Waals surface area contributed by atoms with E-state index in [9.17, 15) is 0 Å². The standard InChI is InChI=1S/C23H18BrN/c1-3-4-8-17(2)22-15-20(18-9-6-5-7-10-18)16-23(25-22)19-11-13-21(24)14-12-19/h3-16H,1-2H2/b8-4-. The highest BCUT2D eigenvalue weighted by molar-refractivity contribution is 9.10. The van der Waals surface area contributed by atoms with E-state index in [0.717, 1.165) is 38.1 Å². The van der Waals surface area contributed by atoms with Gasteiger partial charge in [-0.05, 0) is 41.0 Å². The van der Waals surface area contributed by atoms with Crippen LogP contribution in [0.3, 0.4) is 0 Å². The second-order valence-electron chi connectivity index (χ2n) is 5.62. The lowest BCUT2D eigenvalue weighted by molar-refractivity contribution is 1.28. The van der Waals surface area contributed by atoms with Crippen LogP contribution in [0.4, 0.5) is 0 Å². The molecule has 0 unspecified atom stereocenters. The van der Waals surface area contributed by atoms with Gasteiger partial charge in [-0.1, -0.05) is 89.8 Å². The fourth-order valence-corrected chi connectivity index (χ4v) is 2.79. The summed E-state index contributed by atoms with van der Waals surface area (Å²) in [5.74, 6) is 0. The fraction of sp³-hybridized carbons (Fsp3) is 0. The molecular formula is C23H18BrN. The molecule has 2 heteroatoms. The Kier molecular flexibility index (Phi) is 5.42. The summed E-state index contributed by atoms with van der Waals surface area (Å²) in [5, 5.41) is 0. The fourth-order valence-electron chi connectivity index (χ4n) is 2.53. The van der Waals surface area contributed by atoms with E-state index >= 15 is 0 Å².